The standard InChI is InChI=1S/C8H6BrNO/c1-5-6(9)2-3-7-8(5)11-4-10-7/h2-4H,1H3. The van der Waals surface area contributed by atoms with Gasteiger partial charge in [-0.2, -0.15) is 0 Å². The molecule has 0 saturated carbocycles. The van der Waals surface area contributed by atoms with Crippen LogP contribution in [0.1, 0.15) is 5.56 Å². The first kappa shape index (κ1) is 6.85. The highest BCUT2D eigenvalue weighted by Crippen LogP contribution is 2.24. The maximum Gasteiger partial charge on any atom is 0.181 e. The minimum Gasteiger partial charge on any atom is -0.443 e. The molecular formula is C8H6BrNO. The first-order chi connectivity index (χ1) is 5.29. The number of benzene rings is 1. The highest BCUT2D eigenvalue weighted by Gasteiger charge is 2.03. The maximum absolute atomic E-state index is 5.19. The van der Waals surface area contributed by atoms with Gasteiger partial charge in [0.25, 0.3) is 0 Å². The third-order valence-electron chi connectivity index (χ3n) is 1.68. The average molecular weight is 212 g/mol. The number of nitrogens with zero attached hydrogens (tertiary/aromatic N) is 1. The summed E-state index contributed by atoms with van der Waals surface area (Å²) in [6.07, 6.45) is 1.46. The van der Waals surface area contributed by atoms with E-state index in [2.05, 4.69) is 20.9 Å². The first-order valence-electron chi connectivity index (χ1n) is 3.27. The quantitative estimate of drug-likeness (QED) is 0.670. The Hall–Kier alpha value is -0.830. The summed E-state index contributed by atoms with van der Waals surface area (Å²) >= 11 is 3.41. The lowest BCUT2D eigenvalue weighted by Gasteiger charge is -1.95. The number of aryl methyl sites for hydroxylation is 1. The van der Waals surface area contributed by atoms with Crippen LogP contribution in [0.2, 0.25) is 0 Å². The monoisotopic (exact) mass is 211 g/mol. The lowest BCUT2D eigenvalue weighted by molar-refractivity contribution is 0.599. The van der Waals surface area contributed by atoms with Gasteiger partial charge in [-0.15, -0.1) is 0 Å². The number of fused-ring (bicyclic) bond motifs is 1. The van der Waals surface area contributed by atoms with E-state index in [1.165, 1.54) is 6.39 Å². The van der Waals surface area contributed by atoms with Crippen molar-refractivity contribution >= 4 is 27.0 Å². The molecule has 0 unspecified atom stereocenters. The Morgan fingerprint density at radius 2 is 2.27 bits per heavy atom. The Bertz CT molecular complexity index is 394. The number of hydrogen-bond donors (Lipinski definition) is 0. The van der Waals surface area contributed by atoms with Gasteiger partial charge in [0.05, 0.1) is 0 Å². The molecule has 11 heavy (non-hydrogen) atoms. The van der Waals surface area contributed by atoms with E-state index in [-0.39, 0.29) is 0 Å². The fourth-order valence-corrected chi connectivity index (χ4v) is 1.35. The van der Waals surface area contributed by atoms with Gasteiger partial charge >= 0.3 is 0 Å². The Morgan fingerprint density at radius 3 is 3.09 bits per heavy atom. The zero-order chi connectivity index (χ0) is 7.84. The van der Waals surface area contributed by atoms with Gasteiger partial charge in [0.1, 0.15) is 5.52 Å². The summed E-state index contributed by atoms with van der Waals surface area (Å²) in [4.78, 5) is 4.03. The normalized spacial score (nSPS) is 10.7. The van der Waals surface area contributed by atoms with Crippen LogP contribution in [0.4, 0.5) is 0 Å². The van der Waals surface area contributed by atoms with Gasteiger partial charge in [0.15, 0.2) is 12.0 Å². The third kappa shape index (κ3) is 0.959. The second-order valence-corrected chi connectivity index (χ2v) is 3.23. The van der Waals surface area contributed by atoms with E-state index in [9.17, 15) is 0 Å². The molecule has 2 aromatic rings. The van der Waals surface area contributed by atoms with Gasteiger partial charge in [-0.3, -0.25) is 0 Å². The highest BCUT2D eigenvalue weighted by atomic mass is 79.9. The van der Waals surface area contributed by atoms with Crippen molar-refractivity contribution in [3.8, 4) is 0 Å². The number of hydrogen-bond acceptors (Lipinski definition) is 2. The van der Waals surface area contributed by atoms with E-state index >= 15 is 0 Å². The Morgan fingerprint density at radius 1 is 1.45 bits per heavy atom. The summed E-state index contributed by atoms with van der Waals surface area (Å²) in [6, 6.07) is 3.90. The van der Waals surface area contributed by atoms with E-state index < -0.39 is 0 Å². The lowest BCUT2D eigenvalue weighted by Crippen LogP contribution is -1.75. The summed E-state index contributed by atoms with van der Waals surface area (Å²) < 4.78 is 6.25. The van der Waals surface area contributed by atoms with Crippen LogP contribution < -0.4 is 0 Å². The van der Waals surface area contributed by atoms with Gasteiger partial charge in [-0.1, -0.05) is 15.9 Å². The van der Waals surface area contributed by atoms with Crippen molar-refractivity contribution in [1.29, 1.82) is 0 Å². The topological polar surface area (TPSA) is 26.0 Å². The van der Waals surface area contributed by atoms with Crippen LogP contribution in [0.5, 0.6) is 0 Å². The molecule has 0 fully saturated rings. The predicted octanol–water partition coefficient (Wildman–Crippen LogP) is 2.90. The molecule has 0 aliphatic rings. The molecule has 0 radical (unpaired) electrons. The van der Waals surface area contributed by atoms with E-state index in [0.717, 1.165) is 21.1 Å². The second kappa shape index (κ2) is 2.34. The van der Waals surface area contributed by atoms with Crippen LogP contribution in [0, 0.1) is 6.92 Å². The summed E-state index contributed by atoms with van der Waals surface area (Å²) in [5.74, 6) is 0. The molecule has 1 aromatic heterocycles. The van der Waals surface area contributed by atoms with Gasteiger partial charge in [-0.05, 0) is 19.1 Å². The molecule has 0 aliphatic carbocycles. The van der Waals surface area contributed by atoms with Crippen molar-refractivity contribution < 1.29 is 4.42 Å². The average Bonchev–Trinajstić information content (AvgIpc) is 2.45. The third-order valence-corrected chi connectivity index (χ3v) is 2.54. The smallest absolute Gasteiger partial charge is 0.181 e. The van der Waals surface area contributed by atoms with Crippen molar-refractivity contribution in [1.82, 2.24) is 4.98 Å². The second-order valence-electron chi connectivity index (χ2n) is 2.37. The Balaban J connectivity index is 2.93. The fourth-order valence-electron chi connectivity index (χ4n) is 1.04. The molecule has 0 spiro atoms. The minimum absolute atomic E-state index is 0.861. The molecule has 0 aliphatic heterocycles. The SMILES string of the molecule is Cc1c(Br)ccc2ncoc12. The summed E-state index contributed by atoms with van der Waals surface area (Å²) in [5, 5.41) is 0. The van der Waals surface area contributed by atoms with Gasteiger partial charge in [-0.25, -0.2) is 4.98 Å². The van der Waals surface area contributed by atoms with Crippen molar-refractivity contribution in [2.75, 3.05) is 0 Å². The number of halogens is 1. The fraction of sp³-hybridized carbons (Fsp3) is 0.125. The molecule has 1 heterocycles. The van der Waals surface area contributed by atoms with Crippen molar-refractivity contribution in [3.63, 3.8) is 0 Å². The highest BCUT2D eigenvalue weighted by molar-refractivity contribution is 9.10. The molecule has 0 N–H and O–H groups in total. The maximum atomic E-state index is 5.19. The molecule has 0 bridgehead atoms. The number of oxazole rings is 1. The van der Waals surface area contributed by atoms with Crippen LogP contribution in [-0.4, -0.2) is 4.98 Å². The Kier molecular flexibility index (Phi) is 1.46. The largest absolute Gasteiger partial charge is 0.443 e. The molecule has 0 amide bonds. The van der Waals surface area contributed by atoms with Crippen molar-refractivity contribution in [2.45, 2.75) is 6.92 Å². The van der Waals surface area contributed by atoms with E-state index in [1.807, 2.05) is 19.1 Å². The van der Waals surface area contributed by atoms with Gasteiger partial charge < -0.3 is 4.42 Å². The molecule has 1 aromatic carbocycles. The number of rotatable bonds is 0. The van der Waals surface area contributed by atoms with Crippen LogP contribution in [0.15, 0.2) is 27.4 Å². The summed E-state index contributed by atoms with van der Waals surface area (Å²) in [6.45, 7) is 2.00. The molecule has 2 nitrogen and oxygen atoms in total. The molecule has 3 heteroatoms. The predicted molar refractivity (Wildman–Crippen MR) is 46.4 cm³/mol. The molecule has 0 atom stereocenters. The molecule has 2 rings (SSSR count). The zero-order valence-electron chi connectivity index (χ0n) is 5.97. The minimum atomic E-state index is 0.861. The van der Waals surface area contributed by atoms with Crippen molar-refractivity contribution in [3.05, 3.63) is 28.6 Å². The Labute approximate surface area is 72.4 Å². The molecule has 56 valence electrons. The van der Waals surface area contributed by atoms with E-state index in [0.29, 0.717) is 0 Å². The molecule has 0 saturated heterocycles. The molecular weight excluding hydrogens is 206 g/mol. The van der Waals surface area contributed by atoms with Gasteiger partial charge in [0, 0.05) is 10.0 Å². The van der Waals surface area contributed by atoms with Crippen molar-refractivity contribution in [2.24, 2.45) is 0 Å². The van der Waals surface area contributed by atoms with Crippen LogP contribution >= 0.6 is 15.9 Å². The lowest BCUT2D eigenvalue weighted by atomic mass is 10.2. The van der Waals surface area contributed by atoms with Crippen LogP contribution in [-0.2, 0) is 0 Å². The number of aromatic nitrogens is 1. The van der Waals surface area contributed by atoms with E-state index in [4.69, 9.17) is 4.42 Å². The summed E-state index contributed by atoms with van der Waals surface area (Å²) in [5.41, 5.74) is 2.87. The van der Waals surface area contributed by atoms with E-state index in [1.54, 1.807) is 0 Å². The summed E-state index contributed by atoms with van der Waals surface area (Å²) in [7, 11) is 0. The van der Waals surface area contributed by atoms with Crippen LogP contribution in [0.25, 0.3) is 11.1 Å². The zero-order valence-corrected chi connectivity index (χ0v) is 7.55. The first-order valence-corrected chi connectivity index (χ1v) is 4.06. The van der Waals surface area contributed by atoms with Crippen LogP contribution in [0.3, 0.4) is 0 Å². The van der Waals surface area contributed by atoms with Gasteiger partial charge in [0.2, 0.25) is 0 Å².